The molecule has 0 fully saturated rings. The first-order chi connectivity index (χ1) is 12.1. The number of carbonyl (C=O) groups excluding carboxylic acids is 1. The maximum Gasteiger partial charge on any atom is 0.237 e. The van der Waals surface area contributed by atoms with Gasteiger partial charge in [0.15, 0.2) is 12.4 Å². The summed E-state index contributed by atoms with van der Waals surface area (Å²) in [5.41, 5.74) is 3.34. The number of Topliss-reactive ketones (excluding diaryl/α,β-unsaturated/α-hetero) is 1. The van der Waals surface area contributed by atoms with E-state index in [4.69, 9.17) is 12.6 Å². The van der Waals surface area contributed by atoms with Crippen LogP contribution in [0.3, 0.4) is 0 Å². The quantitative estimate of drug-likeness (QED) is 0.242. The lowest BCUT2D eigenvalue weighted by atomic mass is 9.93. The summed E-state index contributed by atoms with van der Waals surface area (Å²) >= 11 is 8.94. The van der Waals surface area contributed by atoms with Gasteiger partial charge in [-0.3, -0.25) is 4.79 Å². The van der Waals surface area contributed by atoms with Crippen LogP contribution in [0, 0.1) is 0 Å². The largest absolute Gasteiger partial charge is 0.758 e. The molecule has 0 amide bonds. The molecular formula is C20H21BrN2OS. The Hall–Kier alpha value is -1.59. The van der Waals surface area contributed by atoms with Gasteiger partial charge in [-0.25, -0.2) is 0 Å². The van der Waals surface area contributed by atoms with Gasteiger partial charge in [0.05, 0.1) is 0 Å². The van der Waals surface area contributed by atoms with Crippen LogP contribution in [0.15, 0.2) is 52.2 Å². The van der Waals surface area contributed by atoms with E-state index in [1.54, 1.807) is 0 Å². The van der Waals surface area contributed by atoms with E-state index >= 15 is 0 Å². The minimum Gasteiger partial charge on any atom is -0.758 e. The molecule has 1 atom stereocenters. The Kier molecular flexibility index (Phi) is 5.97. The van der Waals surface area contributed by atoms with Crippen molar-refractivity contribution in [1.29, 1.82) is 0 Å². The van der Waals surface area contributed by atoms with E-state index in [2.05, 4.69) is 33.2 Å². The number of ketones is 1. The molecule has 3 nitrogen and oxygen atoms in total. The van der Waals surface area contributed by atoms with Gasteiger partial charge in [0.1, 0.15) is 0 Å². The Morgan fingerprint density at radius 2 is 2.04 bits per heavy atom. The van der Waals surface area contributed by atoms with Crippen molar-refractivity contribution in [2.24, 2.45) is 4.99 Å². The highest BCUT2D eigenvalue weighted by Gasteiger charge is 2.29. The molecule has 5 heteroatoms. The fraction of sp³-hybridized carbons (Fsp3) is 0.350. The van der Waals surface area contributed by atoms with Crippen LogP contribution in [-0.2, 0) is 25.5 Å². The molecule has 2 aromatic rings. The van der Waals surface area contributed by atoms with Crippen LogP contribution in [0.2, 0.25) is 0 Å². The number of rotatable bonds is 5. The zero-order valence-electron chi connectivity index (χ0n) is 14.2. The van der Waals surface area contributed by atoms with Crippen molar-refractivity contribution >= 4 is 39.4 Å². The van der Waals surface area contributed by atoms with Gasteiger partial charge in [-0.05, 0) is 55.3 Å². The fourth-order valence-electron chi connectivity index (χ4n) is 3.27. The molecule has 1 aromatic heterocycles. The van der Waals surface area contributed by atoms with Crippen LogP contribution < -0.4 is 4.57 Å². The second-order valence-corrected chi connectivity index (χ2v) is 7.57. The molecule has 1 aliphatic rings. The Bertz CT molecular complexity index is 819. The predicted octanol–water partition coefficient (Wildman–Crippen LogP) is 4.00. The average molecular weight is 417 g/mol. The van der Waals surface area contributed by atoms with Crippen molar-refractivity contribution in [2.45, 2.75) is 38.6 Å². The average Bonchev–Trinajstić information content (AvgIpc) is 2.62. The molecule has 0 spiro atoms. The molecular weight excluding hydrogens is 396 g/mol. The second kappa shape index (κ2) is 8.19. The van der Waals surface area contributed by atoms with Gasteiger partial charge >= 0.3 is 0 Å². The zero-order valence-corrected chi connectivity index (χ0v) is 16.6. The number of aromatic nitrogens is 1. The van der Waals surface area contributed by atoms with Gasteiger partial charge in [0.25, 0.3) is 0 Å². The molecule has 3 rings (SSSR count). The van der Waals surface area contributed by atoms with Crippen molar-refractivity contribution in [2.75, 3.05) is 6.54 Å². The highest BCUT2D eigenvalue weighted by Crippen LogP contribution is 2.21. The van der Waals surface area contributed by atoms with Crippen LogP contribution in [0.25, 0.3) is 0 Å². The van der Waals surface area contributed by atoms with Crippen LogP contribution in [-0.4, -0.2) is 17.4 Å². The Morgan fingerprint density at radius 1 is 1.28 bits per heavy atom. The van der Waals surface area contributed by atoms with Crippen LogP contribution in [0.5, 0.6) is 0 Å². The highest BCUT2D eigenvalue weighted by atomic mass is 79.9. The first-order valence-corrected chi connectivity index (χ1v) is 9.84. The van der Waals surface area contributed by atoms with Crippen molar-refractivity contribution in [3.63, 3.8) is 0 Å². The molecule has 0 N–H and O–H groups in total. The minimum absolute atomic E-state index is 0.0238. The summed E-state index contributed by atoms with van der Waals surface area (Å²) in [7, 11) is 0. The van der Waals surface area contributed by atoms with E-state index in [1.165, 1.54) is 24.0 Å². The number of aryl methyl sites for hydroxylation is 2. The number of pyridine rings is 1. The summed E-state index contributed by atoms with van der Waals surface area (Å²) in [6, 6.07) is 9.00. The monoisotopic (exact) mass is 416 g/mol. The van der Waals surface area contributed by atoms with Gasteiger partial charge in [-0.15, -0.1) is 0 Å². The summed E-state index contributed by atoms with van der Waals surface area (Å²) < 4.78 is 2.82. The summed E-state index contributed by atoms with van der Waals surface area (Å²) in [4.78, 5) is 17.6. The predicted molar refractivity (Wildman–Crippen MR) is 106 cm³/mol. The topological polar surface area (TPSA) is 33.3 Å². The Labute approximate surface area is 162 Å². The van der Waals surface area contributed by atoms with Crippen LogP contribution >= 0.6 is 15.9 Å². The maximum absolute atomic E-state index is 13.2. The fourth-order valence-corrected chi connectivity index (χ4v) is 4.02. The molecule has 130 valence electrons. The SMILES string of the molecule is CCN=C([S-])C(C(=O)c1cccc(Br)c1)[n+]1ccc2c(c1)CCCC2. The molecule has 0 saturated heterocycles. The summed E-state index contributed by atoms with van der Waals surface area (Å²) in [5, 5.41) is 0.438. The molecule has 0 radical (unpaired) electrons. The lowest BCUT2D eigenvalue weighted by Gasteiger charge is -2.21. The second-order valence-electron chi connectivity index (χ2n) is 6.24. The summed E-state index contributed by atoms with van der Waals surface area (Å²) in [6.45, 7) is 2.51. The highest BCUT2D eigenvalue weighted by molar-refractivity contribution is 9.10. The lowest BCUT2D eigenvalue weighted by Crippen LogP contribution is -2.48. The first-order valence-electron chi connectivity index (χ1n) is 8.64. The minimum atomic E-state index is -0.573. The number of hydrogen-bond donors (Lipinski definition) is 0. The standard InChI is InChI=1S/C20H21BrN2OS/c1-2-22-20(25)18(19(24)15-8-5-9-17(21)12-15)23-11-10-14-6-3-4-7-16(14)13-23/h5,8-13,18H,2-4,6-7H2,1H3. The number of aliphatic imine (C=N–C) groups is 1. The van der Waals surface area contributed by atoms with Crippen molar-refractivity contribution in [1.82, 2.24) is 0 Å². The number of halogens is 1. The number of fused-ring (bicyclic) bond motifs is 1. The van der Waals surface area contributed by atoms with E-state index in [-0.39, 0.29) is 5.78 Å². The van der Waals surface area contributed by atoms with E-state index in [0.717, 1.165) is 17.3 Å². The number of nitrogens with zero attached hydrogens (tertiary/aromatic N) is 2. The number of carbonyl (C=O) groups is 1. The molecule has 1 aromatic carbocycles. The molecule has 0 aliphatic heterocycles. The third kappa shape index (κ3) is 4.15. The maximum atomic E-state index is 13.2. The number of benzene rings is 1. The van der Waals surface area contributed by atoms with Crippen molar-refractivity contribution < 1.29 is 9.36 Å². The molecule has 1 unspecified atom stereocenters. The molecule has 0 saturated carbocycles. The first kappa shape index (κ1) is 18.2. The van der Waals surface area contributed by atoms with E-state index < -0.39 is 6.04 Å². The number of hydrogen-bond acceptors (Lipinski definition) is 3. The Morgan fingerprint density at radius 3 is 2.76 bits per heavy atom. The van der Waals surface area contributed by atoms with E-state index in [1.807, 2.05) is 42.0 Å². The smallest absolute Gasteiger partial charge is 0.237 e. The molecule has 0 bridgehead atoms. The zero-order chi connectivity index (χ0) is 17.8. The van der Waals surface area contributed by atoms with Gasteiger partial charge in [0.2, 0.25) is 11.8 Å². The molecule has 1 heterocycles. The normalized spacial score (nSPS) is 15.5. The lowest BCUT2D eigenvalue weighted by molar-refractivity contribution is -0.692. The van der Waals surface area contributed by atoms with Gasteiger partial charge < -0.3 is 17.6 Å². The van der Waals surface area contributed by atoms with Crippen molar-refractivity contribution in [3.8, 4) is 0 Å². The van der Waals surface area contributed by atoms with E-state index in [9.17, 15) is 4.79 Å². The van der Waals surface area contributed by atoms with E-state index in [0.29, 0.717) is 17.2 Å². The summed E-state index contributed by atoms with van der Waals surface area (Å²) in [5.74, 6) is -0.0238. The third-order valence-corrected chi connectivity index (χ3v) is 5.36. The Balaban J connectivity index is 2.03. The molecule has 25 heavy (non-hydrogen) atoms. The third-order valence-electron chi connectivity index (χ3n) is 4.51. The summed E-state index contributed by atoms with van der Waals surface area (Å²) in [6.07, 6.45) is 8.68. The van der Waals surface area contributed by atoms with Gasteiger partial charge in [-0.2, -0.15) is 4.57 Å². The van der Waals surface area contributed by atoms with Crippen LogP contribution in [0.4, 0.5) is 0 Å². The van der Waals surface area contributed by atoms with Crippen LogP contribution in [0.1, 0.15) is 47.3 Å². The molecule has 1 aliphatic carbocycles. The van der Waals surface area contributed by atoms with Gasteiger partial charge in [-0.1, -0.05) is 28.1 Å². The van der Waals surface area contributed by atoms with Gasteiger partial charge in [0, 0.05) is 28.2 Å². The van der Waals surface area contributed by atoms with Crippen molar-refractivity contribution in [3.05, 3.63) is 63.9 Å².